The predicted molar refractivity (Wildman–Crippen MR) is 98.8 cm³/mol. The Morgan fingerprint density at radius 1 is 0.625 bits per heavy atom. The summed E-state index contributed by atoms with van der Waals surface area (Å²) in [5, 5.41) is 0. The van der Waals surface area contributed by atoms with Crippen LogP contribution in [0.1, 0.15) is 45.5 Å². The maximum Gasteiger partial charge on any atom is 0.119 e. The Bertz CT molecular complexity index is 631. The summed E-state index contributed by atoms with van der Waals surface area (Å²) in [6, 6.07) is 7.43. The van der Waals surface area contributed by atoms with E-state index in [1.54, 1.807) is 14.2 Å². The van der Waals surface area contributed by atoms with E-state index < -0.39 is 0 Å². The zero-order valence-corrected chi connectivity index (χ0v) is 15.4. The molecule has 130 valence electrons. The van der Waals surface area contributed by atoms with Crippen LogP contribution in [0.25, 0.3) is 0 Å². The van der Waals surface area contributed by atoms with Crippen LogP contribution in [-0.2, 0) is 0 Å². The van der Waals surface area contributed by atoms with Gasteiger partial charge in [0.25, 0.3) is 0 Å². The van der Waals surface area contributed by atoms with Gasteiger partial charge in [0.2, 0.25) is 0 Å². The van der Waals surface area contributed by atoms with Gasteiger partial charge in [0, 0.05) is 12.1 Å². The summed E-state index contributed by atoms with van der Waals surface area (Å²) in [4.78, 5) is 0. The minimum Gasteiger partial charge on any atom is -0.497 e. The third kappa shape index (κ3) is 3.40. The molecule has 0 amide bonds. The van der Waals surface area contributed by atoms with E-state index in [-0.39, 0.29) is 12.1 Å². The van der Waals surface area contributed by atoms with Crippen molar-refractivity contribution in [3.8, 4) is 11.5 Å². The van der Waals surface area contributed by atoms with E-state index in [9.17, 15) is 0 Å². The van der Waals surface area contributed by atoms with Crippen LogP contribution in [0.5, 0.6) is 11.5 Å². The van der Waals surface area contributed by atoms with Gasteiger partial charge in [-0.1, -0.05) is 0 Å². The van der Waals surface area contributed by atoms with Gasteiger partial charge in [0.1, 0.15) is 11.5 Å². The first kappa shape index (κ1) is 18.3. The maximum absolute atomic E-state index is 6.58. The zero-order valence-electron chi connectivity index (χ0n) is 15.4. The van der Waals surface area contributed by atoms with Gasteiger partial charge in [0.05, 0.1) is 14.2 Å². The molecule has 4 N–H and O–H groups in total. The number of ether oxygens (including phenoxy) is 2. The summed E-state index contributed by atoms with van der Waals surface area (Å²) in [6.45, 7) is 8.19. The average Bonchev–Trinajstić information content (AvgIpc) is 2.52. The Hall–Kier alpha value is -2.04. The molecule has 0 aliphatic heterocycles. The molecule has 2 aromatic carbocycles. The summed E-state index contributed by atoms with van der Waals surface area (Å²) in [5.41, 5.74) is 19.7. The number of aryl methyl sites for hydroxylation is 4. The van der Waals surface area contributed by atoms with Gasteiger partial charge in [-0.3, -0.25) is 0 Å². The van der Waals surface area contributed by atoms with E-state index in [0.717, 1.165) is 44.9 Å². The highest BCUT2D eigenvalue weighted by molar-refractivity contribution is 5.47. The van der Waals surface area contributed by atoms with Gasteiger partial charge in [-0.15, -0.1) is 0 Å². The highest BCUT2D eigenvalue weighted by Gasteiger charge is 2.24. The van der Waals surface area contributed by atoms with Crippen molar-refractivity contribution in [2.75, 3.05) is 14.2 Å². The van der Waals surface area contributed by atoms with E-state index in [2.05, 4.69) is 0 Å². The van der Waals surface area contributed by atoms with Gasteiger partial charge in [0.15, 0.2) is 0 Å². The third-order valence-electron chi connectivity index (χ3n) is 4.66. The van der Waals surface area contributed by atoms with Crippen LogP contribution in [0.15, 0.2) is 24.3 Å². The molecule has 4 heteroatoms. The number of nitrogens with two attached hydrogens (primary N) is 2. The second kappa shape index (κ2) is 7.24. The van der Waals surface area contributed by atoms with Gasteiger partial charge in [-0.2, -0.15) is 0 Å². The summed E-state index contributed by atoms with van der Waals surface area (Å²) < 4.78 is 10.7. The quantitative estimate of drug-likeness (QED) is 0.879. The van der Waals surface area contributed by atoms with Crippen molar-refractivity contribution < 1.29 is 9.47 Å². The topological polar surface area (TPSA) is 70.5 Å². The van der Waals surface area contributed by atoms with Crippen LogP contribution < -0.4 is 20.9 Å². The first-order chi connectivity index (χ1) is 11.3. The van der Waals surface area contributed by atoms with Crippen molar-refractivity contribution in [2.24, 2.45) is 11.5 Å². The maximum atomic E-state index is 6.58. The molecule has 0 spiro atoms. The van der Waals surface area contributed by atoms with Gasteiger partial charge in [-0.05, 0) is 85.3 Å². The van der Waals surface area contributed by atoms with Crippen LogP contribution in [0.2, 0.25) is 0 Å². The molecular weight excluding hydrogens is 300 g/mol. The smallest absolute Gasteiger partial charge is 0.119 e. The monoisotopic (exact) mass is 328 g/mol. The minimum absolute atomic E-state index is 0.290. The number of hydrogen-bond acceptors (Lipinski definition) is 4. The Morgan fingerprint density at radius 2 is 0.875 bits per heavy atom. The standard InChI is InChI=1S/C20H28N2O2/c1-11-7-15(23-5)8-12(2)17(11)19(21)20(22)18-13(3)9-16(24-6)10-14(18)4/h7-10,19-20H,21-22H2,1-6H3/t19-,20+. The first-order valence-electron chi connectivity index (χ1n) is 8.11. The molecule has 2 aromatic rings. The summed E-state index contributed by atoms with van der Waals surface area (Å²) in [6.07, 6.45) is 0. The van der Waals surface area contributed by atoms with Crippen molar-refractivity contribution in [3.05, 3.63) is 57.6 Å². The van der Waals surface area contributed by atoms with Gasteiger partial charge in [-0.25, -0.2) is 0 Å². The Kier molecular flexibility index (Phi) is 5.52. The molecule has 0 unspecified atom stereocenters. The van der Waals surface area contributed by atoms with E-state index in [4.69, 9.17) is 20.9 Å². The van der Waals surface area contributed by atoms with Crippen LogP contribution >= 0.6 is 0 Å². The second-order valence-corrected chi connectivity index (χ2v) is 6.40. The van der Waals surface area contributed by atoms with Crippen LogP contribution in [-0.4, -0.2) is 14.2 Å². The number of rotatable bonds is 5. The average molecular weight is 328 g/mol. The Labute approximate surface area is 144 Å². The minimum atomic E-state index is -0.290. The predicted octanol–water partition coefficient (Wildman–Crippen LogP) is 3.64. The number of benzene rings is 2. The first-order valence-corrected chi connectivity index (χ1v) is 8.11. The van der Waals surface area contributed by atoms with Crippen molar-refractivity contribution in [2.45, 2.75) is 39.8 Å². The van der Waals surface area contributed by atoms with Crippen LogP contribution in [0.4, 0.5) is 0 Å². The third-order valence-corrected chi connectivity index (χ3v) is 4.66. The Morgan fingerprint density at radius 3 is 1.08 bits per heavy atom. The van der Waals surface area contributed by atoms with E-state index in [1.807, 2.05) is 52.0 Å². The molecule has 2 atom stereocenters. The summed E-state index contributed by atoms with van der Waals surface area (Å²) in [7, 11) is 3.34. The lowest BCUT2D eigenvalue weighted by Gasteiger charge is -2.27. The summed E-state index contributed by atoms with van der Waals surface area (Å²) in [5.74, 6) is 1.68. The molecule has 0 saturated carbocycles. The molecule has 0 bridgehead atoms. The van der Waals surface area contributed by atoms with Crippen molar-refractivity contribution in [1.29, 1.82) is 0 Å². The van der Waals surface area contributed by atoms with Gasteiger partial charge < -0.3 is 20.9 Å². The molecule has 24 heavy (non-hydrogen) atoms. The number of hydrogen-bond donors (Lipinski definition) is 2. The lowest BCUT2D eigenvalue weighted by molar-refractivity contribution is 0.412. The van der Waals surface area contributed by atoms with E-state index in [0.29, 0.717) is 0 Å². The number of methoxy groups -OCH3 is 2. The molecule has 4 nitrogen and oxygen atoms in total. The van der Waals surface area contributed by atoms with Crippen molar-refractivity contribution in [1.82, 2.24) is 0 Å². The Balaban J connectivity index is 2.46. The largest absolute Gasteiger partial charge is 0.497 e. The molecule has 0 aliphatic rings. The normalized spacial score (nSPS) is 13.5. The fraction of sp³-hybridized carbons (Fsp3) is 0.400. The second-order valence-electron chi connectivity index (χ2n) is 6.40. The molecule has 0 aliphatic carbocycles. The highest BCUT2D eigenvalue weighted by Crippen LogP contribution is 2.35. The molecule has 2 rings (SSSR count). The highest BCUT2D eigenvalue weighted by atomic mass is 16.5. The fourth-order valence-electron chi connectivity index (χ4n) is 3.52. The van der Waals surface area contributed by atoms with Crippen molar-refractivity contribution >= 4 is 0 Å². The lowest BCUT2D eigenvalue weighted by atomic mass is 9.85. The molecule has 0 radical (unpaired) electrons. The van der Waals surface area contributed by atoms with E-state index in [1.165, 1.54) is 0 Å². The zero-order chi connectivity index (χ0) is 18.0. The van der Waals surface area contributed by atoms with Gasteiger partial charge >= 0.3 is 0 Å². The lowest BCUT2D eigenvalue weighted by Crippen LogP contribution is -2.29. The van der Waals surface area contributed by atoms with E-state index >= 15 is 0 Å². The molecule has 0 heterocycles. The summed E-state index contributed by atoms with van der Waals surface area (Å²) >= 11 is 0. The molecule has 0 fully saturated rings. The molecular formula is C20H28N2O2. The van der Waals surface area contributed by atoms with Crippen LogP contribution in [0, 0.1) is 27.7 Å². The SMILES string of the molecule is COc1cc(C)c([C@@H](N)[C@@H](N)c2c(C)cc(OC)cc2C)c(C)c1. The fourth-order valence-corrected chi connectivity index (χ4v) is 3.52. The van der Waals surface area contributed by atoms with Crippen molar-refractivity contribution in [3.63, 3.8) is 0 Å². The molecule has 0 saturated heterocycles. The van der Waals surface area contributed by atoms with Crippen LogP contribution in [0.3, 0.4) is 0 Å². The molecule has 0 aromatic heterocycles.